The Morgan fingerprint density at radius 1 is 1.21 bits per heavy atom. The van der Waals surface area contributed by atoms with Crippen LogP contribution < -0.4 is 9.47 Å². The highest BCUT2D eigenvalue weighted by atomic mass is 32.2. The van der Waals surface area contributed by atoms with Gasteiger partial charge >= 0.3 is 0 Å². The van der Waals surface area contributed by atoms with E-state index >= 15 is 0 Å². The zero-order valence-electron chi connectivity index (χ0n) is 16.4. The van der Waals surface area contributed by atoms with Crippen LogP contribution in [0.25, 0.3) is 10.9 Å². The van der Waals surface area contributed by atoms with Crippen molar-refractivity contribution in [3.63, 3.8) is 0 Å². The van der Waals surface area contributed by atoms with Gasteiger partial charge in [-0.2, -0.15) is 0 Å². The molecule has 1 aromatic heterocycles. The molecule has 0 bridgehead atoms. The Morgan fingerprint density at radius 3 is 2.72 bits per heavy atom. The lowest BCUT2D eigenvalue weighted by Crippen LogP contribution is -2.06. The standard InChI is InChI=1S/C22H24N2O3S2/c1-13(2)26-20-11-16(27-15-3-5-17(28)6-4-15)9-14-10-19(24-21(14)20)22-23-12-18(29-22)7-8-25/h3-6,9-11,13,18,24-25,28H,7-8,12H2,1-2H3. The predicted molar refractivity (Wildman–Crippen MR) is 122 cm³/mol. The fourth-order valence-electron chi connectivity index (χ4n) is 3.22. The van der Waals surface area contributed by atoms with E-state index in [1.807, 2.05) is 50.2 Å². The third-order valence-corrected chi connectivity index (χ3v) is 6.09. The van der Waals surface area contributed by atoms with Gasteiger partial charge in [-0.3, -0.25) is 4.99 Å². The van der Waals surface area contributed by atoms with Crippen LogP contribution in [-0.2, 0) is 0 Å². The third kappa shape index (κ3) is 4.74. The number of fused-ring (bicyclic) bond motifs is 1. The zero-order valence-corrected chi connectivity index (χ0v) is 18.1. The van der Waals surface area contributed by atoms with E-state index < -0.39 is 0 Å². The number of thiol groups is 1. The van der Waals surface area contributed by atoms with Crippen LogP contribution in [0.15, 0.2) is 52.4 Å². The summed E-state index contributed by atoms with van der Waals surface area (Å²) in [4.78, 5) is 9.01. The van der Waals surface area contributed by atoms with Crippen molar-refractivity contribution >= 4 is 40.3 Å². The van der Waals surface area contributed by atoms with Crippen LogP contribution in [0.2, 0.25) is 0 Å². The molecule has 1 atom stereocenters. The Kier molecular flexibility index (Phi) is 6.08. The number of nitrogens with one attached hydrogen (secondary N) is 1. The monoisotopic (exact) mass is 428 g/mol. The van der Waals surface area contributed by atoms with Crippen molar-refractivity contribution in [1.29, 1.82) is 0 Å². The van der Waals surface area contributed by atoms with Crippen molar-refractivity contribution in [3.05, 3.63) is 48.2 Å². The van der Waals surface area contributed by atoms with E-state index in [-0.39, 0.29) is 12.7 Å². The Morgan fingerprint density at radius 2 is 2.00 bits per heavy atom. The summed E-state index contributed by atoms with van der Waals surface area (Å²) in [6.45, 7) is 4.94. The van der Waals surface area contributed by atoms with Crippen LogP contribution in [0.1, 0.15) is 26.0 Å². The summed E-state index contributed by atoms with van der Waals surface area (Å²) in [6.07, 6.45) is 0.790. The number of ether oxygens (including phenoxy) is 2. The second kappa shape index (κ2) is 8.73. The van der Waals surface area contributed by atoms with Gasteiger partial charge in [0.25, 0.3) is 0 Å². The van der Waals surface area contributed by atoms with Crippen molar-refractivity contribution in [3.8, 4) is 17.2 Å². The molecule has 0 radical (unpaired) electrons. The first-order chi connectivity index (χ1) is 14.0. The molecule has 0 fully saturated rings. The summed E-state index contributed by atoms with van der Waals surface area (Å²) >= 11 is 6.03. The molecule has 2 heterocycles. The average Bonchev–Trinajstić information content (AvgIpc) is 3.30. The van der Waals surface area contributed by atoms with E-state index in [0.29, 0.717) is 11.0 Å². The van der Waals surface area contributed by atoms with Crippen LogP contribution in [0.3, 0.4) is 0 Å². The van der Waals surface area contributed by atoms with Gasteiger partial charge in [0.1, 0.15) is 22.3 Å². The number of hydrogen-bond donors (Lipinski definition) is 3. The molecule has 1 unspecified atom stereocenters. The van der Waals surface area contributed by atoms with E-state index in [2.05, 4.69) is 28.7 Å². The van der Waals surface area contributed by atoms with Crippen molar-refractivity contribution in [1.82, 2.24) is 4.98 Å². The predicted octanol–water partition coefficient (Wildman–Crippen LogP) is 5.28. The smallest absolute Gasteiger partial charge is 0.147 e. The number of H-pyrrole nitrogens is 1. The summed E-state index contributed by atoms with van der Waals surface area (Å²) < 4.78 is 12.1. The van der Waals surface area contributed by atoms with Gasteiger partial charge in [-0.05, 0) is 56.7 Å². The Bertz CT molecular complexity index is 1030. The largest absolute Gasteiger partial charge is 0.489 e. The molecule has 1 aliphatic rings. The third-order valence-electron chi connectivity index (χ3n) is 4.50. The van der Waals surface area contributed by atoms with Crippen LogP contribution >= 0.6 is 24.4 Å². The molecule has 5 nitrogen and oxygen atoms in total. The highest BCUT2D eigenvalue weighted by Gasteiger charge is 2.22. The molecule has 7 heteroatoms. The molecule has 4 rings (SSSR count). The van der Waals surface area contributed by atoms with Crippen molar-refractivity contribution < 1.29 is 14.6 Å². The van der Waals surface area contributed by atoms with E-state index in [9.17, 15) is 5.11 Å². The van der Waals surface area contributed by atoms with Crippen LogP contribution in [-0.4, -0.2) is 39.6 Å². The fourth-order valence-corrected chi connectivity index (χ4v) is 4.44. The number of aromatic nitrogens is 1. The van der Waals surface area contributed by atoms with Crippen molar-refractivity contribution in [2.45, 2.75) is 36.5 Å². The number of aliphatic hydroxyl groups is 1. The number of rotatable bonds is 7. The second-order valence-electron chi connectivity index (χ2n) is 7.23. The number of aliphatic hydroxyl groups excluding tert-OH is 1. The summed E-state index contributed by atoms with van der Waals surface area (Å²) in [5.41, 5.74) is 1.90. The van der Waals surface area contributed by atoms with Gasteiger partial charge in [0.15, 0.2) is 0 Å². The molecule has 1 aliphatic heterocycles. The number of benzene rings is 2. The molecule has 0 saturated heterocycles. The molecule has 0 aliphatic carbocycles. The fraction of sp³-hybridized carbons (Fsp3) is 0.318. The highest BCUT2D eigenvalue weighted by molar-refractivity contribution is 8.15. The summed E-state index contributed by atoms with van der Waals surface area (Å²) in [7, 11) is 0. The minimum absolute atomic E-state index is 0.0378. The van der Waals surface area contributed by atoms with E-state index in [1.165, 1.54) is 0 Å². The first kappa shape index (κ1) is 20.2. The molecule has 0 spiro atoms. The molecule has 0 amide bonds. The molecular formula is C22H24N2O3S2. The van der Waals surface area contributed by atoms with Gasteiger partial charge in [0, 0.05) is 28.2 Å². The average molecular weight is 429 g/mol. The maximum Gasteiger partial charge on any atom is 0.147 e. The molecule has 152 valence electrons. The Labute approximate surface area is 179 Å². The SMILES string of the molecule is CC(C)Oc1cc(Oc2ccc(S)cc2)cc2cc(C3=NCC(CCO)S3)[nH]c12. The molecule has 2 aromatic carbocycles. The second-order valence-corrected chi connectivity index (χ2v) is 9.03. The van der Waals surface area contributed by atoms with Gasteiger partial charge in [-0.25, -0.2) is 0 Å². The quantitative estimate of drug-likeness (QED) is 0.448. The normalized spacial score (nSPS) is 16.4. The zero-order chi connectivity index (χ0) is 20.4. The number of aliphatic imine (C=N–C) groups is 1. The minimum Gasteiger partial charge on any atom is -0.489 e. The molecule has 2 N–H and O–H groups in total. The highest BCUT2D eigenvalue weighted by Crippen LogP contribution is 2.36. The van der Waals surface area contributed by atoms with E-state index in [4.69, 9.17) is 9.47 Å². The topological polar surface area (TPSA) is 66.8 Å². The Balaban J connectivity index is 1.67. The lowest BCUT2D eigenvalue weighted by Gasteiger charge is -2.13. The van der Waals surface area contributed by atoms with Crippen LogP contribution in [0, 0.1) is 0 Å². The van der Waals surface area contributed by atoms with Crippen molar-refractivity contribution in [2.75, 3.05) is 13.2 Å². The van der Waals surface area contributed by atoms with Crippen molar-refractivity contribution in [2.24, 2.45) is 4.99 Å². The molecule has 29 heavy (non-hydrogen) atoms. The van der Waals surface area contributed by atoms with Crippen LogP contribution in [0.4, 0.5) is 0 Å². The summed E-state index contributed by atoms with van der Waals surface area (Å²) in [5.74, 6) is 2.21. The molecule has 3 aromatic rings. The lowest BCUT2D eigenvalue weighted by molar-refractivity contribution is 0.244. The van der Waals surface area contributed by atoms with E-state index in [0.717, 1.165) is 51.0 Å². The number of thioether (sulfide) groups is 1. The molecular weight excluding hydrogens is 404 g/mol. The maximum absolute atomic E-state index is 9.18. The summed E-state index contributed by atoms with van der Waals surface area (Å²) in [5, 5.41) is 11.5. The van der Waals surface area contributed by atoms with Crippen LogP contribution in [0.5, 0.6) is 17.2 Å². The first-order valence-corrected chi connectivity index (χ1v) is 11.0. The van der Waals surface area contributed by atoms with Gasteiger partial charge in [-0.15, -0.1) is 12.6 Å². The molecule has 0 saturated carbocycles. The number of nitrogens with zero attached hydrogens (tertiary/aromatic N) is 1. The lowest BCUT2D eigenvalue weighted by atomic mass is 10.2. The van der Waals surface area contributed by atoms with Gasteiger partial charge in [0.2, 0.25) is 0 Å². The van der Waals surface area contributed by atoms with E-state index in [1.54, 1.807) is 11.8 Å². The van der Waals surface area contributed by atoms with Gasteiger partial charge in [0.05, 0.1) is 23.9 Å². The number of hydrogen-bond acceptors (Lipinski definition) is 6. The minimum atomic E-state index is 0.0378. The summed E-state index contributed by atoms with van der Waals surface area (Å²) in [6, 6.07) is 13.6. The van der Waals surface area contributed by atoms with Gasteiger partial charge in [-0.1, -0.05) is 11.8 Å². The first-order valence-electron chi connectivity index (χ1n) is 9.64. The van der Waals surface area contributed by atoms with Gasteiger partial charge < -0.3 is 19.6 Å². The maximum atomic E-state index is 9.18. The number of aromatic amines is 1. The Hall–Kier alpha value is -2.09.